The van der Waals surface area contributed by atoms with Crippen LogP contribution in [0.25, 0.3) is 10.9 Å². The molecule has 94 valence electrons. The first-order valence-corrected chi connectivity index (χ1v) is 6.45. The molecule has 1 unspecified atom stereocenters. The van der Waals surface area contributed by atoms with E-state index in [1.807, 2.05) is 30.3 Å². The summed E-state index contributed by atoms with van der Waals surface area (Å²) in [6, 6.07) is 9.99. The molecule has 0 saturated carbocycles. The molecular formula is C15H17NO2. The molecule has 2 aromatic rings. The van der Waals surface area contributed by atoms with Crippen molar-refractivity contribution in [3.63, 3.8) is 0 Å². The number of benzene rings is 1. The molecule has 0 amide bonds. The Kier molecular flexibility index (Phi) is 3.26. The summed E-state index contributed by atoms with van der Waals surface area (Å²) in [5.41, 5.74) is 1.91. The predicted molar refractivity (Wildman–Crippen MR) is 70.2 cm³/mol. The summed E-state index contributed by atoms with van der Waals surface area (Å²) in [4.78, 5) is 4.33. The number of ether oxygens (including phenoxy) is 1. The molecule has 18 heavy (non-hydrogen) atoms. The lowest BCUT2D eigenvalue weighted by Crippen LogP contribution is -2.21. The molecule has 3 heteroatoms. The minimum Gasteiger partial charge on any atom is -0.388 e. The number of pyridine rings is 1. The molecule has 0 radical (unpaired) electrons. The maximum atomic E-state index is 10.4. The Morgan fingerprint density at radius 2 is 2.06 bits per heavy atom. The first kappa shape index (κ1) is 11.6. The van der Waals surface area contributed by atoms with Gasteiger partial charge < -0.3 is 9.84 Å². The average Bonchev–Trinajstić information content (AvgIpc) is 2.47. The van der Waals surface area contributed by atoms with Crippen molar-refractivity contribution < 1.29 is 9.84 Å². The number of aliphatic hydroxyl groups is 1. The van der Waals surface area contributed by atoms with Gasteiger partial charge in [0, 0.05) is 24.8 Å². The van der Waals surface area contributed by atoms with Crippen LogP contribution in [-0.4, -0.2) is 23.3 Å². The Morgan fingerprint density at radius 3 is 2.89 bits per heavy atom. The number of hydrogen-bond acceptors (Lipinski definition) is 3. The maximum absolute atomic E-state index is 10.4. The van der Waals surface area contributed by atoms with Crippen molar-refractivity contribution in [1.29, 1.82) is 0 Å². The first-order valence-electron chi connectivity index (χ1n) is 6.45. The van der Waals surface area contributed by atoms with E-state index < -0.39 is 6.10 Å². The molecule has 1 aliphatic heterocycles. The van der Waals surface area contributed by atoms with Crippen LogP contribution in [0.5, 0.6) is 0 Å². The fraction of sp³-hybridized carbons (Fsp3) is 0.400. The van der Waals surface area contributed by atoms with Crippen LogP contribution < -0.4 is 0 Å². The fourth-order valence-electron chi connectivity index (χ4n) is 2.57. The summed E-state index contributed by atoms with van der Waals surface area (Å²) in [7, 11) is 0. The molecular weight excluding hydrogens is 226 g/mol. The Morgan fingerprint density at radius 1 is 1.22 bits per heavy atom. The van der Waals surface area contributed by atoms with Crippen LogP contribution >= 0.6 is 0 Å². The van der Waals surface area contributed by atoms with E-state index >= 15 is 0 Å². The topological polar surface area (TPSA) is 42.4 Å². The second-order valence-electron chi connectivity index (χ2n) is 4.85. The smallest absolute Gasteiger partial charge is 0.0820 e. The summed E-state index contributed by atoms with van der Waals surface area (Å²) in [6.45, 7) is 1.51. The second kappa shape index (κ2) is 5.04. The van der Waals surface area contributed by atoms with E-state index in [9.17, 15) is 5.11 Å². The minimum atomic E-state index is -0.402. The summed E-state index contributed by atoms with van der Waals surface area (Å²) in [5.74, 6) is 0.305. The SMILES string of the molecule is OC(c1ccc2cccnc2c1)C1CCOCC1. The molecule has 1 N–H and O–H groups in total. The van der Waals surface area contributed by atoms with Crippen molar-refractivity contribution in [2.75, 3.05) is 13.2 Å². The maximum Gasteiger partial charge on any atom is 0.0820 e. The molecule has 1 aromatic heterocycles. The zero-order chi connectivity index (χ0) is 12.4. The van der Waals surface area contributed by atoms with Crippen LogP contribution in [0.15, 0.2) is 36.5 Å². The van der Waals surface area contributed by atoms with Gasteiger partial charge in [-0.05, 0) is 36.5 Å². The van der Waals surface area contributed by atoms with Gasteiger partial charge in [-0.2, -0.15) is 0 Å². The second-order valence-corrected chi connectivity index (χ2v) is 4.85. The minimum absolute atomic E-state index is 0.305. The fourth-order valence-corrected chi connectivity index (χ4v) is 2.57. The molecule has 0 bridgehead atoms. The summed E-state index contributed by atoms with van der Waals surface area (Å²) in [6.07, 6.45) is 3.25. The summed E-state index contributed by atoms with van der Waals surface area (Å²) >= 11 is 0. The van der Waals surface area contributed by atoms with Gasteiger partial charge in [0.25, 0.3) is 0 Å². The van der Waals surface area contributed by atoms with Crippen molar-refractivity contribution >= 4 is 10.9 Å². The highest BCUT2D eigenvalue weighted by molar-refractivity contribution is 5.78. The standard InChI is InChI=1S/C15H17NO2/c17-15(12-5-8-18-9-6-12)13-4-3-11-2-1-7-16-14(11)10-13/h1-4,7,10,12,15,17H,5-6,8-9H2. The Balaban J connectivity index is 1.88. The average molecular weight is 243 g/mol. The van der Waals surface area contributed by atoms with E-state index in [1.54, 1.807) is 6.20 Å². The zero-order valence-electron chi connectivity index (χ0n) is 10.2. The van der Waals surface area contributed by atoms with Crippen LogP contribution in [0.4, 0.5) is 0 Å². The van der Waals surface area contributed by atoms with Gasteiger partial charge >= 0.3 is 0 Å². The third-order valence-corrected chi connectivity index (χ3v) is 3.68. The van der Waals surface area contributed by atoms with Crippen LogP contribution in [0.2, 0.25) is 0 Å². The van der Waals surface area contributed by atoms with E-state index in [-0.39, 0.29) is 0 Å². The first-order chi connectivity index (χ1) is 8.84. The van der Waals surface area contributed by atoms with Gasteiger partial charge in [0.05, 0.1) is 11.6 Å². The van der Waals surface area contributed by atoms with Gasteiger partial charge in [0.1, 0.15) is 0 Å². The largest absolute Gasteiger partial charge is 0.388 e. The number of rotatable bonds is 2. The highest BCUT2D eigenvalue weighted by atomic mass is 16.5. The molecule has 1 atom stereocenters. The summed E-state index contributed by atoms with van der Waals surface area (Å²) in [5, 5.41) is 11.5. The molecule has 3 rings (SSSR count). The van der Waals surface area contributed by atoms with E-state index in [0.717, 1.165) is 42.5 Å². The lowest BCUT2D eigenvalue weighted by molar-refractivity contribution is 0.00723. The number of aliphatic hydroxyl groups excluding tert-OH is 1. The number of fused-ring (bicyclic) bond motifs is 1. The van der Waals surface area contributed by atoms with E-state index in [4.69, 9.17) is 4.74 Å². The van der Waals surface area contributed by atoms with Gasteiger partial charge in [-0.15, -0.1) is 0 Å². The lowest BCUT2D eigenvalue weighted by Gasteiger charge is -2.27. The third kappa shape index (κ3) is 2.24. The normalized spacial score (nSPS) is 18.9. The van der Waals surface area contributed by atoms with Crippen LogP contribution in [0.3, 0.4) is 0 Å². The van der Waals surface area contributed by atoms with Crippen LogP contribution in [-0.2, 0) is 4.74 Å². The molecule has 2 heterocycles. The van der Waals surface area contributed by atoms with Gasteiger partial charge in [-0.3, -0.25) is 4.98 Å². The molecule has 0 spiro atoms. The highest BCUT2D eigenvalue weighted by Crippen LogP contribution is 2.30. The molecule has 0 aliphatic carbocycles. The van der Waals surface area contributed by atoms with E-state index in [1.165, 1.54) is 0 Å². The highest BCUT2D eigenvalue weighted by Gasteiger charge is 2.23. The van der Waals surface area contributed by atoms with Crippen LogP contribution in [0, 0.1) is 5.92 Å². The monoisotopic (exact) mass is 243 g/mol. The summed E-state index contributed by atoms with van der Waals surface area (Å²) < 4.78 is 5.33. The molecule has 1 aromatic carbocycles. The molecule has 1 aliphatic rings. The Labute approximate surface area is 106 Å². The van der Waals surface area contributed by atoms with Gasteiger partial charge in [0.2, 0.25) is 0 Å². The van der Waals surface area contributed by atoms with Gasteiger partial charge in [-0.25, -0.2) is 0 Å². The van der Waals surface area contributed by atoms with Crippen molar-refractivity contribution in [3.8, 4) is 0 Å². The molecule has 3 nitrogen and oxygen atoms in total. The van der Waals surface area contributed by atoms with Crippen molar-refractivity contribution in [2.24, 2.45) is 5.92 Å². The van der Waals surface area contributed by atoms with Crippen molar-refractivity contribution in [1.82, 2.24) is 4.98 Å². The molecule has 1 fully saturated rings. The Hall–Kier alpha value is -1.45. The van der Waals surface area contributed by atoms with E-state index in [0.29, 0.717) is 5.92 Å². The predicted octanol–water partition coefficient (Wildman–Crippen LogP) is 2.69. The van der Waals surface area contributed by atoms with Gasteiger partial charge in [-0.1, -0.05) is 18.2 Å². The zero-order valence-corrected chi connectivity index (χ0v) is 10.2. The van der Waals surface area contributed by atoms with Crippen molar-refractivity contribution in [3.05, 3.63) is 42.1 Å². The van der Waals surface area contributed by atoms with E-state index in [2.05, 4.69) is 4.98 Å². The molecule has 1 saturated heterocycles. The van der Waals surface area contributed by atoms with Crippen LogP contribution in [0.1, 0.15) is 24.5 Å². The van der Waals surface area contributed by atoms with Gasteiger partial charge in [0.15, 0.2) is 0 Å². The third-order valence-electron chi connectivity index (χ3n) is 3.68. The van der Waals surface area contributed by atoms with Crippen molar-refractivity contribution in [2.45, 2.75) is 18.9 Å². The Bertz CT molecular complexity index is 535. The quantitative estimate of drug-likeness (QED) is 0.881. The number of aromatic nitrogens is 1. The lowest BCUT2D eigenvalue weighted by atomic mass is 9.89. The number of nitrogens with zero attached hydrogens (tertiary/aromatic N) is 1. The number of hydrogen-bond donors (Lipinski definition) is 1.